The number of hydrazone groups is 1. The predicted octanol–water partition coefficient (Wildman–Crippen LogP) is 2.33. The molecule has 0 aliphatic rings. The fourth-order valence-electron chi connectivity index (χ4n) is 1.89. The minimum atomic E-state index is -3.73. The van der Waals surface area contributed by atoms with Crippen LogP contribution in [0.5, 0.6) is 11.5 Å². The number of nitrogens with one attached hydrogen (secondary N) is 1. The van der Waals surface area contributed by atoms with Crippen LogP contribution in [-0.2, 0) is 10.0 Å². The highest BCUT2D eigenvalue weighted by molar-refractivity contribution is 7.89. The number of phenolic OH excluding ortho intramolecular Hbond substituents is 1. The molecule has 6 nitrogen and oxygen atoms in total. The second-order valence-corrected chi connectivity index (χ2v) is 6.69. The lowest BCUT2D eigenvalue weighted by atomic mass is 10.1. The molecule has 2 aromatic carbocycles. The lowest BCUT2D eigenvalue weighted by Gasteiger charge is -2.06. The fraction of sp³-hybridized carbons (Fsp3) is 0.188. The van der Waals surface area contributed by atoms with Crippen LogP contribution < -0.4 is 9.57 Å². The molecule has 122 valence electrons. The van der Waals surface area contributed by atoms with E-state index in [4.69, 9.17) is 4.74 Å². The Morgan fingerprint density at radius 1 is 1.13 bits per heavy atom. The first kappa shape index (κ1) is 16.8. The van der Waals surface area contributed by atoms with Gasteiger partial charge in [-0.15, -0.1) is 0 Å². The molecule has 2 rings (SSSR count). The Labute approximate surface area is 135 Å². The summed E-state index contributed by atoms with van der Waals surface area (Å²) in [4.78, 5) is 2.30. The van der Waals surface area contributed by atoms with Crippen molar-refractivity contribution in [3.8, 4) is 11.5 Å². The van der Waals surface area contributed by atoms with Crippen LogP contribution in [0.1, 0.15) is 16.7 Å². The van der Waals surface area contributed by atoms with E-state index in [-0.39, 0.29) is 10.6 Å². The van der Waals surface area contributed by atoms with Crippen LogP contribution in [0.3, 0.4) is 0 Å². The summed E-state index contributed by atoms with van der Waals surface area (Å²) in [5, 5.41) is 13.4. The molecule has 7 heteroatoms. The molecule has 2 N–H and O–H groups in total. The average Bonchev–Trinajstić information content (AvgIpc) is 2.50. The molecule has 0 aliphatic carbocycles. The fourth-order valence-corrected chi connectivity index (χ4v) is 2.77. The highest BCUT2D eigenvalue weighted by Gasteiger charge is 2.13. The number of ether oxygens (including phenoxy) is 1. The Bertz CT molecular complexity index is 845. The third-order valence-electron chi connectivity index (χ3n) is 3.38. The van der Waals surface area contributed by atoms with Gasteiger partial charge in [0.1, 0.15) is 0 Å². The number of nitrogens with zero attached hydrogens (tertiary/aromatic N) is 1. The minimum Gasteiger partial charge on any atom is -0.504 e. The maximum absolute atomic E-state index is 12.2. The van der Waals surface area contributed by atoms with Crippen molar-refractivity contribution in [3.63, 3.8) is 0 Å². The van der Waals surface area contributed by atoms with Gasteiger partial charge >= 0.3 is 0 Å². The number of aromatic hydroxyl groups is 1. The second kappa shape index (κ2) is 6.70. The third kappa shape index (κ3) is 4.01. The van der Waals surface area contributed by atoms with Gasteiger partial charge in [-0.1, -0.05) is 6.07 Å². The van der Waals surface area contributed by atoms with E-state index in [0.717, 1.165) is 11.1 Å². The van der Waals surface area contributed by atoms with Crippen molar-refractivity contribution in [2.24, 2.45) is 5.10 Å². The summed E-state index contributed by atoms with van der Waals surface area (Å²) < 4.78 is 29.2. The molecule has 0 amide bonds. The number of rotatable bonds is 5. The van der Waals surface area contributed by atoms with Gasteiger partial charge in [-0.2, -0.15) is 13.5 Å². The zero-order valence-electron chi connectivity index (χ0n) is 13.1. The van der Waals surface area contributed by atoms with Gasteiger partial charge in [0.2, 0.25) is 0 Å². The van der Waals surface area contributed by atoms with Crippen molar-refractivity contribution in [3.05, 3.63) is 53.1 Å². The second-order valence-electron chi connectivity index (χ2n) is 5.03. The molecule has 0 saturated carbocycles. The van der Waals surface area contributed by atoms with E-state index in [1.54, 1.807) is 24.3 Å². The van der Waals surface area contributed by atoms with E-state index in [1.807, 2.05) is 13.8 Å². The molecule has 0 aromatic heterocycles. The smallest absolute Gasteiger partial charge is 0.276 e. The zero-order valence-corrected chi connectivity index (χ0v) is 13.9. The van der Waals surface area contributed by atoms with Gasteiger partial charge in [-0.05, 0) is 60.9 Å². The van der Waals surface area contributed by atoms with Gasteiger partial charge < -0.3 is 9.84 Å². The maximum Gasteiger partial charge on any atom is 0.276 e. The summed E-state index contributed by atoms with van der Waals surface area (Å²) >= 11 is 0. The van der Waals surface area contributed by atoms with Crippen LogP contribution in [-0.4, -0.2) is 26.8 Å². The highest BCUT2D eigenvalue weighted by Crippen LogP contribution is 2.25. The van der Waals surface area contributed by atoms with Crippen molar-refractivity contribution in [1.29, 1.82) is 0 Å². The Morgan fingerprint density at radius 3 is 2.48 bits per heavy atom. The Morgan fingerprint density at radius 2 is 1.87 bits per heavy atom. The maximum atomic E-state index is 12.2. The SMILES string of the molecule is COc1ccc(/C=N/NS(=O)(=O)c2ccc(C)c(C)c2)cc1O. The third-order valence-corrected chi connectivity index (χ3v) is 4.60. The summed E-state index contributed by atoms with van der Waals surface area (Å²) in [7, 11) is -2.28. The summed E-state index contributed by atoms with van der Waals surface area (Å²) in [5.41, 5.74) is 2.43. The number of aryl methyl sites for hydroxylation is 2. The van der Waals surface area contributed by atoms with E-state index in [9.17, 15) is 13.5 Å². The molecule has 0 fully saturated rings. The number of benzene rings is 2. The van der Waals surface area contributed by atoms with E-state index < -0.39 is 10.0 Å². The van der Waals surface area contributed by atoms with Gasteiger partial charge in [0, 0.05) is 0 Å². The largest absolute Gasteiger partial charge is 0.504 e. The number of methoxy groups -OCH3 is 1. The van der Waals surface area contributed by atoms with Crippen LogP contribution >= 0.6 is 0 Å². The van der Waals surface area contributed by atoms with Crippen molar-refractivity contribution in [2.45, 2.75) is 18.7 Å². The number of hydrogen-bond acceptors (Lipinski definition) is 5. The van der Waals surface area contributed by atoms with Crippen molar-refractivity contribution < 1.29 is 18.3 Å². The number of phenols is 1. The molecule has 2 aromatic rings. The summed E-state index contributed by atoms with van der Waals surface area (Å²) in [5.74, 6) is 0.284. The quantitative estimate of drug-likeness (QED) is 0.649. The summed E-state index contributed by atoms with van der Waals surface area (Å²) in [6, 6.07) is 9.49. The molecule has 0 saturated heterocycles. The van der Waals surface area contributed by atoms with Crippen LogP contribution in [0.2, 0.25) is 0 Å². The van der Waals surface area contributed by atoms with Gasteiger partial charge in [0.25, 0.3) is 10.0 Å². The van der Waals surface area contributed by atoms with Crippen LogP contribution in [0.15, 0.2) is 46.4 Å². The highest BCUT2D eigenvalue weighted by atomic mass is 32.2. The molecule has 0 radical (unpaired) electrons. The molecular formula is C16H18N2O4S. The molecule has 0 aliphatic heterocycles. The molecule has 0 spiro atoms. The van der Waals surface area contributed by atoms with E-state index in [1.165, 1.54) is 25.5 Å². The predicted molar refractivity (Wildman–Crippen MR) is 88.5 cm³/mol. The van der Waals surface area contributed by atoms with Gasteiger partial charge in [-0.25, -0.2) is 4.83 Å². The number of hydrogen-bond donors (Lipinski definition) is 2. The zero-order chi connectivity index (χ0) is 17.0. The Balaban J connectivity index is 2.15. The standard InChI is InChI=1S/C16H18N2O4S/c1-11-4-6-14(8-12(11)2)23(20,21)18-17-10-13-5-7-16(22-3)15(19)9-13/h4-10,18-19H,1-3H3/b17-10+. The lowest BCUT2D eigenvalue weighted by Crippen LogP contribution is -2.18. The molecular weight excluding hydrogens is 316 g/mol. The van der Waals surface area contributed by atoms with Gasteiger partial charge in [0.05, 0.1) is 18.2 Å². The Kier molecular flexibility index (Phi) is 4.90. The average molecular weight is 334 g/mol. The number of sulfonamides is 1. The lowest BCUT2D eigenvalue weighted by molar-refractivity contribution is 0.373. The van der Waals surface area contributed by atoms with Gasteiger partial charge in [0.15, 0.2) is 11.5 Å². The monoisotopic (exact) mass is 334 g/mol. The van der Waals surface area contributed by atoms with E-state index in [2.05, 4.69) is 9.93 Å². The summed E-state index contributed by atoms with van der Waals surface area (Å²) in [6.45, 7) is 3.76. The summed E-state index contributed by atoms with van der Waals surface area (Å²) in [6.07, 6.45) is 1.30. The molecule has 0 heterocycles. The first-order valence-electron chi connectivity index (χ1n) is 6.82. The first-order chi connectivity index (χ1) is 10.8. The molecule has 0 unspecified atom stereocenters. The topological polar surface area (TPSA) is 88.0 Å². The van der Waals surface area contributed by atoms with E-state index >= 15 is 0 Å². The van der Waals surface area contributed by atoms with Gasteiger partial charge in [-0.3, -0.25) is 0 Å². The molecule has 0 atom stereocenters. The normalized spacial score (nSPS) is 11.6. The molecule has 23 heavy (non-hydrogen) atoms. The molecule has 0 bridgehead atoms. The van der Waals surface area contributed by atoms with Crippen LogP contribution in [0, 0.1) is 13.8 Å². The first-order valence-corrected chi connectivity index (χ1v) is 8.31. The van der Waals surface area contributed by atoms with Crippen LogP contribution in [0.25, 0.3) is 0 Å². The van der Waals surface area contributed by atoms with Crippen LogP contribution in [0.4, 0.5) is 0 Å². The van der Waals surface area contributed by atoms with Crippen molar-refractivity contribution >= 4 is 16.2 Å². The Hall–Kier alpha value is -2.54. The minimum absolute atomic E-state index is 0.0477. The van der Waals surface area contributed by atoms with Crippen molar-refractivity contribution in [1.82, 2.24) is 4.83 Å². The van der Waals surface area contributed by atoms with Crippen molar-refractivity contribution in [2.75, 3.05) is 7.11 Å². The van der Waals surface area contributed by atoms with E-state index in [0.29, 0.717) is 11.3 Å².